The minimum absolute atomic E-state index is 0.0120. The number of carbonyl (C=O) groups is 1. The summed E-state index contributed by atoms with van der Waals surface area (Å²) in [4.78, 5) is 15.4. The van der Waals surface area contributed by atoms with Crippen LogP contribution in [0.4, 0.5) is 10.5 Å². The molecule has 0 fully saturated rings. The fourth-order valence-electron chi connectivity index (χ4n) is 3.08. The van der Waals surface area contributed by atoms with E-state index in [0.717, 1.165) is 18.7 Å². The molecular weight excluding hydrogens is 264 g/mol. The van der Waals surface area contributed by atoms with Crippen molar-refractivity contribution < 1.29 is 9.90 Å². The summed E-state index contributed by atoms with van der Waals surface area (Å²) < 4.78 is 0. The molecule has 0 aromatic heterocycles. The lowest BCUT2D eigenvalue weighted by atomic mass is 9.83. The lowest BCUT2D eigenvalue weighted by Crippen LogP contribution is -2.46. The van der Waals surface area contributed by atoms with Gasteiger partial charge in [0.1, 0.15) is 0 Å². The zero-order chi connectivity index (χ0) is 16.0. The number of rotatable bonds is 1. The summed E-state index contributed by atoms with van der Waals surface area (Å²) in [6.07, 6.45) is 0.0513. The van der Waals surface area contributed by atoms with Crippen molar-refractivity contribution in [2.24, 2.45) is 0 Å². The molecule has 0 bridgehead atoms. The number of fused-ring (bicyclic) bond motifs is 1. The van der Waals surface area contributed by atoms with E-state index in [2.05, 4.69) is 31.9 Å². The van der Waals surface area contributed by atoms with Crippen LogP contribution in [-0.4, -0.2) is 35.2 Å². The van der Waals surface area contributed by atoms with Gasteiger partial charge in [-0.1, -0.05) is 6.07 Å². The lowest BCUT2D eigenvalue weighted by molar-refractivity contribution is 0.143. The zero-order valence-corrected chi connectivity index (χ0v) is 13.9. The fourth-order valence-corrected chi connectivity index (χ4v) is 3.08. The van der Waals surface area contributed by atoms with Crippen molar-refractivity contribution in [3.63, 3.8) is 0 Å². The quantitative estimate of drug-likeness (QED) is 0.858. The van der Waals surface area contributed by atoms with E-state index in [-0.39, 0.29) is 5.54 Å². The number of nitrogens with zero attached hydrogens (tertiary/aromatic N) is 2. The highest BCUT2D eigenvalue weighted by atomic mass is 16.4. The summed E-state index contributed by atoms with van der Waals surface area (Å²) in [5.74, 6) is 0. The van der Waals surface area contributed by atoms with Crippen molar-refractivity contribution in [2.75, 3.05) is 18.5 Å². The lowest BCUT2D eigenvalue weighted by Gasteiger charge is -2.42. The van der Waals surface area contributed by atoms with Crippen molar-refractivity contribution in [2.45, 2.75) is 52.1 Å². The van der Waals surface area contributed by atoms with Crippen LogP contribution in [0.2, 0.25) is 0 Å². The van der Waals surface area contributed by atoms with Gasteiger partial charge in [0.25, 0.3) is 0 Å². The van der Waals surface area contributed by atoms with Crippen LogP contribution in [0, 0.1) is 0 Å². The third kappa shape index (κ3) is 2.77. The fraction of sp³-hybridized carbons (Fsp3) is 0.588. The van der Waals surface area contributed by atoms with Crippen molar-refractivity contribution >= 4 is 11.8 Å². The van der Waals surface area contributed by atoms with E-state index < -0.39 is 11.6 Å². The van der Waals surface area contributed by atoms with E-state index in [1.165, 1.54) is 16.0 Å². The van der Waals surface area contributed by atoms with Gasteiger partial charge in [-0.25, -0.2) is 4.79 Å². The van der Waals surface area contributed by atoms with Gasteiger partial charge in [-0.2, -0.15) is 0 Å². The van der Waals surface area contributed by atoms with Crippen LogP contribution in [0.15, 0.2) is 18.2 Å². The largest absolute Gasteiger partial charge is 0.465 e. The molecule has 0 unspecified atom stereocenters. The maximum atomic E-state index is 11.6. The van der Waals surface area contributed by atoms with E-state index in [0.29, 0.717) is 0 Å². The molecule has 21 heavy (non-hydrogen) atoms. The highest BCUT2D eigenvalue weighted by Gasteiger charge is 2.34. The van der Waals surface area contributed by atoms with Crippen molar-refractivity contribution in [3.05, 3.63) is 29.3 Å². The predicted octanol–water partition coefficient (Wildman–Crippen LogP) is 3.69. The second kappa shape index (κ2) is 5.02. The Hall–Kier alpha value is -1.55. The van der Waals surface area contributed by atoms with E-state index in [9.17, 15) is 9.90 Å². The Morgan fingerprint density at radius 1 is 1.33 bits per heavy atom. The smallest absolute Gasteiger partial charge is 0.412 e. The molecule has 1 aliphatic rings. The Morgan fingerprint density at radius 2 is 1.95 bits per heavy atom. The highest BCUT2D eigenvalue weighted by Crippen LogP contribution is 2.36. The Labute approximate surface area is 127 Å². The molecule has 116 valence electrons. The number of hydrogen-bond donors (Lipinski definition) is 1. The minimum Gasteiger partial charge on any atom is -0.465 e. The third-order valence-corrected chi connectivity index (χ3v) is 4.54. The van der Waals surface area contributed by atoms with Crippen molar-refractivity contribution in [1.82, 2.24) is 4.90 Å². The summed E-state index contributed by atoms with van der Waals surface area (Å²) in [5, 5.41) is 9.53. The molecule has 2 rings (SSSR count). The standard InChI is InChI=1S/C17H26N2O2/c1-16(2,3)19(15(20)21)13-7-8-14-12(11-13)9-10-18(6)17(14,4)5/h7-8,11H,9-10H2,1-6H3,(H,20,21). The number of anilines is 1. The monoisotopic (exact) mass is 290 g/mol. The first-order chi connectivity index (χ1) is 9.55. The van der Waals surface area contributed by atoms with Crippen molar-refractivity contribution in [1.29, 1.82) is 0 Å². The molecule has 1 aromatic rings. The van der Waals surface area contributed by atoms with Gasteiger partial charge in [0, 0.05) is 23.3 Å². The van der Waals surface area contributed by atoms with Crippen LogP contribution < -0.4 is 4.90 Å². The maximum absolute atomic E-state index is 11.6. The number of likely N-dealkylation sites (N-methyl/N-ethyl adjacent to an activating group) is 1. The summed E-state index contributed by atoms with van der Waals surface area (Å²) >= 11 is 0. The molecule has 1 amide bonds. The van der Waals surface area contributed by atoms with E-state index in [1.54, 1.807) is 0 Å². The summed E-state index contributed by atoms with van der Waals surface area (Å²) in [7, 11) is 2.13. The van der Waals surface area contributed by atoms with Crippen LogP contribution in [0.5, 0.6) is 0 Å². The molecule has 0 spiro atoms. The molecule has 1 N–H and O–H groups in total. The molecule has 4 nitrogen and oxygen atoms in total. The molecule has 0 aliphatic carbocycles. The van der Waals surface area contributed by atoms with E-state index in [1.807, 2.05) is 32.9 Å². The minimum atomic E-state index is -0.908. The zero-order valence-electron chi connectivity index (χ0n) is 13.9. The molecule has 0 saturated carbocycles. The van der Waals surface area contributed by atoms with E-state index in [4.69, 9.17) is 0 Å². The van der Waals surface area contributed by atoms with Gasteiger partial charge in [-0.05, 0) is 71.3 Å². The number of carboxylic acid groups (broad SMARTS) is 1. The highest BCUT2D eigenvalue weighted by molar-refractivity contribution is 5.87. The molecule has 1 aliphatic heterocycles. The van der Waals surface area contributed by atoms with Crippen LogP contribution in [-0.2, 0) is 12.0 Å². The average Bonchev–Trinajstić information content (AvgIpc) is 2.32. The van der Waals surface area contributed by atoms with Gasteiger partial charge in [0.2, 0.25) is 0 Å². The Morgan fingerprint density at radius 3 is 2.48 bits per heavy atom. The Kier molecular flexibility index (Phi) is 3.79. The van der Waals surface area contributed by atoms with Gasteiger partial charge in [0.05, 0.1) is 0 Å². The molecule has 0 radical (unpaired) electrons. The summed E-state index contributed by atoms with van der Waals surface area (Å²) in [6.45, 7) is 11.2. The van der Waals surface area contributed by atoms with Gasteiger partial charge in [0.15, 0.2) is 0 Å². The summed E-state index contributed by atoms with van der Waals surface area (Å²) in [6, 6.07) is 6.06. The van der Waals surface area contributed by atoms with Gasteiger partial charge >= 0.3 is 6.09 Å². The van der Waals surface area contributed by atoms with Crippen LogP contribution in [0.3, 0.4) is 0 Å². The first-order valence-corrected chi connectivity index (χ1v) is 7.43. The SMILES string of the molecule is CN1CCc2cc(N(C(=O)O)C(C)(C)C)ccc2C1(C)C. The molecule has 1 heterocycles. The molecule has 1 aromatic carbocycles. The van der Waals surface area contributed by atoms with Crippen LogP contribution in [0.25, 0.3) is 0 Å². The first-order valence-electron chi connectivity index (χ1n) is 7.43. The summed E-state index contributed by atoms with van der Waals surface area (Å²) in [5.41, 5.74) is 2.84. The molecule has 0 atom stereocenters. The second-order valence-corrected chi connectivity index (χ2v) is 7.36. The Bertz CT molecular complexity index is 558. The van der Waals surface area contributed by atoms with Gasteiger partial charge < -0.3 is 5.11 Å². The molecule has 0 saturated heterocycles. The van der Waals surface area contributed by atoms with Crippen LogP contribution >= 0.6 is 0 Å². The first kappa shape index (κ1) is 15.8. The average molecular weight is 290 g/mol. The third-order valence-electron chi connectivity index (χ3n) is 4.54. The number of hydrogen-bond acceptors (Lipinski definition) is 2. The normalized spacial score (nSPS) is 18.2. The topological polar surface area (TPSA) is 43.8 Å². The van der Waals surface area contributed by atoms with Crippen molar-refractivity contribution in [3.8, 4) is 0 Å². The number of benzene rings is 1. The van der Waals surface area contributed by atoms with Gasteiger partial charge in [-0.3, -0.25) is 9.80 Å². The second-order valence-electron chi connectivity index (χ2n) is 7.36. The van der Waals surface area contributed by atoms with Crippen LogP contribution in [0.1, 0.15) is 45.7 Å². The van der Waals surface area contributed by atoms with E-state index >= 15 is 0 Å². The maximum Gasteiger partial charge on any atom is 0.412 e. The Balaban J connectivity index is 2.49. The number of amides is 1. The van der Waals surface area contributed by atoms with Gasteiger partial charge in [-0.15, -0.1) is 0 Å². The molecule has 4 heteroatoms. The molecular formula is C17H26N2O2. The predicted molar refractivity (Wildman–Crippen MR) is 86.1 cm³/mol.